The highest BCUT2D eigenvalue weighted by molar-refractivity contribution is 5.86. The summed E-state index contributed by atoms with van der Waals surface area (Å²) in [6, 6.07) is 11.9. The molecular formula is C19H18N4O4. The number of aromatic amines is 1. The molecule has 0 saturated carbocycles. The van der Waals surface area contributed by atoms with Crippen molar-refractivity contribution >= 4 is 28.8 Å². The zero-order chi connectivity index (χ0) is 19.6. The van der Waals surface area contributed by atoms with E-state index < -0.39 is 17.2 Å². The van der Waals surface area contributed by atoms with Crippen molar-refractivity contribution in [2.75, 3.05) is 19.0 Å². The minimum Gasteiger partial charge on any atom is -0.426 e. The molecule has 0 aliphatic heterocycles. The molecule has 27 heavy (non-hydrogen) atoms. The molecule has 0 atom stereocenters. The minimum absolute atomic E-state index is 0.280. The third kappa shape index (κ3) is 3.79. The van der Waals surface area contributed by atoms with Gasteiger partial charge < -0.3 is 14.6 Å². The molecule has 0 aliphatic carbocycles. The number of anilines is 1. The van der Waals surface area contributed by atoms with Gasteiger partial charge in [-0.05, 0) is 24.3 Å². The molecule has 0 spiro atoms. The number of nitrogens with one attached hydrogen (secondary N) is 1. The SMILES string of the molecule is CC(=O)Oc1cc(N(C)C)ccc1C=Nn1c(=O)[nH]c2ccccc2c1=O. The first kappa shape index (κ1) is 18.1. The lowest BCUT2D eigenvalue weighted by Crippen LogP contribution is -2.32. The predicted octanol–water partition coefficient (Wildman–Crippen LogP) is 1.56. The van der Waals surface area contributed by atoms with Crippen molar-refractivity contribution in [1.82, 2.24) is 9.66 Å². The summed E-state index contributed by atoms with van der Waals surface area (Å²) < 4.78 is 5.96. The average molecular weight is 366 g/mol. The van der Waals surface area contributed by atoms with Gasteiger partial charge in [-0.15, -0.1) is 4.68 Å². The van der Waals surface area contributed by atoms with Gasteiger partial charge in [0.05, 0.1) is 17.1 Å². The van der Waals surface area contributed by atoms with Crippen LogP contribution in [-0.2, 0) is 4.79 Å². The van der Waals surface area contributed by atoms with Crippen molar-refractivity contribution in [2.45, 2.75) is 6.92 Å². The molecule has 0 radical (unpaired) electrons. The van der Waals surface area contributed by atoms with Gasteiger partial charge in [0, 0.05) is 38.3 Å². The van der Waals surface area contributed by atoms with Crippen LogP contribution in [0.25, 0.3) is 10.9 Å². The number of hydrogen-bond donors (Lipinski definition) is 1. The van der Waals surface area contributed by atoms with Crippen LogP contribution in [0.2, 0.25) is 0 Å². The summed E-state index contributed by atoms with van der Waals surface area (Å²) in [5.41, 5.74) is 0.521. The van der Waals surface area contributed by atoms with Gasteiger partial charge in [0.15, 0.2) is 0 Å². The van der Waals surface area contributed by atoms with Gasteiger partial charge in [-0.3, -0.25) is 9.59 Å². The van der Waals surface area contributed by atoms with E-state index in [4.69, 9.17) is 4.74 Å². The van der Waals surface area contributed by atoms with Crippen LogP contribution in [0.3, 0.4) is 0 Å². The molecule has 2 aromatic carbocycles. The highest BCUT2D eigenvalue weighted by Crippen LogP contribution is 2.24. The number of para-hydroxylation sites is 1. The number of fused-ring (bicyclic) bond motifs is 1. The average Bonchev–Trinajstić information content (AvgIpc) is 2.62. The maximum atomic E-state index is 12.5. The Balaban J connectivity index is 2.08. The number of nitrogens with zero attached hydrogens (tertiary/aromatic N) is 3. The summed E-state index contributed by atoms with van der Waals surface area (Å²) in [5, 5.41) is 4.34. The normalized spacial score (nSPS) is 11.1. The number of esters is 1. The van der Waals surface area contributed by atoms with Crippen LogP contribution in [0.5, 0.6) is 5.75 Å². The van der Waals surface area contributed by atoms with Crippen molar-refractivity contribution in [3.63, 3.8) is 0 Å². The summed E-state index contributed by atoms with van der Waals surface area (Å²) >= 11 is 0. The fourth-order valence-corrected chi connectivity index (χ4v) is 2.53. The molecule has 1 N–H and O–H groups in total. The largest absolute Gasteiger partial charge is 0.426 e. The monoisotopic (exact) mass is 366 g/mol. The van der Waals surface area contributed by atoms with E-state index in [9.17, 15) is 14.4 Å². The number of rotatable bonds is 4. The Morgan fingerprint density at radius 3 is 2.63 bits per heavy atom. The van der Waals surface area contributed by atoms with E-state index in [0.717, 1.165) is 10.4 Å². The third-order valence-electron chi connectivity index (χ3n) is 3.86. The molecule has 0 aliphatic rings. The van der Waals surface area contributed by atoms with Gasteiger partial charge in [0.1, 0.15) is 5.75 Å². The Hall–Kier alpha value is -3.68. The van der Waals surface area contributed by atoms with Gasteiger partial charge in [0.25, 0.3) is 5.56 Å². The van der Waals surface area contributed by atoms with Gasteiger partial charge in [-0.2, -0.15) is 5.10 Å². The molecule has 0 unspecified atom stereocenters. The third-order valence-corrected chi connectivity index (χ3v) is 3.86. The zero-order valence-corrected chi connectivity index (χ0v) is 15.1. The van der Waals surface area contributed by atoms with E-state index in [0.29, 0.717) is 16.5 Å². The maximum Gasteiger partial charge on any atom is 0.349 e. The van der Waals surface area contributed by atoms with Gasteiger partial charge in [-0.1, -0.05) is 12.1 Å². The topological polar surface area (TPSA) is 96.8 Å². The summed E-state index contributed by atoms with van der Waals surface area (Å²) in [7, 11) is 3.71. The first-order valence-corrected chi connectivity index (χ1v) is 8.15. The maximum absolute atomic E-state index is 12.5. The second kappa shape index (κ2) is 7.28. The molecule has 0 amide bonds. The first-order valence-electron chi connectivity index (χ1n) is 8.15. The molecule has 138 valence electrons. The molecule has 8 heteroatoms. The van der Waals surface area contributed by atoms with Crippen LogP contribution in [0.1, 0.15) is 12.5 Å². The molecule has 0 bridgehead atoms. The lowest BCUT2D eigenvalue weighted by atomic mass is 10.2. The lowest BCUT2D eigenvalue weighted by molar-refractivity contribution is -0.131. The lowest BCUT2D eigenvalue weighted by Gasteiger charge is -2.14. The van der Waals surface area contributed by atoms with Crippen molar-refractivity contribution < 1.29 is 9.53 Å². The second-order valence-corrected chi connectivity index (χ2v) is 6.05. The zero-order valence-electron chi connectivity index (χ0n) is 15.1. The molecule has 0 fully saturated rings. The van der Waals surface area contributed by atoms with Crippen molar-refractivity contribution in [3.05, 3.63) is 68.9 Å². The molecule has 3 rings (SSSR count). The number of carbonyl (C=O) groups is 1. The summed E-state index contributed by atoms with van der Waals surface area (Å²) in [4.78, 5) is 40.5. The number of carbonyl (C=O) groups excluding carboxylic acids is 1. The van der Waals surface area contributed by atoms with Gasteiger partial charge in [-0.25, -0.2) is 4.79 Å². The Bertz CT molecular complexity index is 1160. The van der Waals surface area contributed by atoms with Gasteiger partial charge in [0.2, 0.25) is 0 Å². The number of benzene rings is 2. The molecule has 8 nitrogen and oxygen atoms in total. The van der Waals surface area contributed by atoms with Crippen molar-refractivity contribution in [3.8, 4) is 5.75 Å². The molecule has 0 saturated heterocycles. The number of aromatic nitrogens is 2. The summed E-state index contributed by atoms with van der Waals surface area (Å²) in [6.07, 6.45) is 1.31. The molecule has 3 aromatic rings. The minimum atomic E-state index is -0.658. The highest BCUT2D eigenvalue weighted by atomic mass is 16.5. The quantitative estimate of drug-likeness (QED) is 0.429. The van der Waals surface area contributed by atoms with E-state index in [1.807, 2.05) is 25.1 Å². The molecule has 1 heterocycles. The number of ether oxygens (including phenoxy) is 1. The fourth-order valence-electron chi connectivity index (χ4n) is 2.53. The Morgan fingerprint density at radius 2 is 1.93 bits per heavy atom. The van der Waals surface area contributed by atoms with Crippen LogP contribution < -0.4 is 20.9 Å². The number of hydrogen-bond acceptors (Lipinski definition) is 6. The van der Waals surface area contributed by atoms with Crippen LogP contribution in [0.15, 0.2) is 57.2 Å². The fraction of sp³-hybridized carbons (Fsp3) is 0.158. The Kier molecular flexibility index (Phi) is 4.89. The van der Waals surface area contributed by atoms with Crippen molar-refractivity contribution in [2.24, 2.45) is 5.10 Å². The Morgan fingerprint density at radius 1 is 1.19 bits per heavy atom. The van der Waals surface area contributed by atoms with E-state index in [-0.39, 0.29) is 5.75 Å². The highest BCUT2D eigenvalue weighted by Gasteiger charge is 2.09. The van der Waals surface area contributed by atoms with E-state index in [2.05, 4.69) is 10.1 Å². The Labute approximate surface area is 154 Å². The number of H-pyrrole nitrogens is 1. The predicted molar refractivity (Wildman–Crippen MR) is 104 cm³/mol. The van der Waals surface area contributed by atoms with Crippen LogP contribution in [0, 0.1) is 0 Å². The smallest absolute Gasteiger partial charge is 0.349 e. The van der Waals surface area contributed by atoms with Crippen LogP contribution in [0.4, 0.5) is 5.69 Å². The van der Waals surface area contributed by atoms with Crippen LogP contribution >= 0.6 is 0 Å². The first-order chi connectivity index (χ1) is 12.9. The standard InChI is InChI=1S/C19H18N4O4/c1-12(24)27-17-10-14(22(2)3)9-8-13(17)11-20-23-18(25)15-6-4-5-7-16(15)21-19(23)26/h4-11H,1-3H3,(H,21,26). The second-order valence-electron chi connectivity index (χ2n) is 6.05. The summed E-state index contributed by atoms with van der Waals surface area (Å²) in [5.74, 6) is -0.205. The van der Waals surface area contributed by atoms with Gasteiger partial charge >= 0.3 is 11.7 Å². The van der Waals surface area contributed by atoms with Crippen LogP contribution in [-0.4, -0.2) is 35.9 Å². The molecular weight excluding hydrogens is 348 g/mol. The summed E-state index contributed by atoms with van der Waals surface area (Å²) in [6.45, 7) is 1.29. The molecule has 1 aromatic heterocycles. The van der Waals surface area contributed by atoms with E-state index in [1.165, 1.54) is 13.1 Å². The van der Waals surface area contributed by atoms with E-state index >= 15 is 0 Å². The van der Waals surface area contributed by atoms with Crippen molar-refractivity contribution in [1.29, 1.82) is 0 Å². The van der Waals surface area contributed by atoms with E-state index in [1.54, 1.807) is 36.4 Å².